The standard InChI is InChI=1S/C26H22ClNO4/c1-15-8-7-11-18(12-15)28-22(17-9-5-4-6-10-17)21(24(30)26(28)31)23(29)19-13-16(2)14-20(27)25(19)32-3/h4-14,22,29H,1-3H3/b23-21+. The first-order valence-corrected chi connectivity index (χ1v) is 10.5. The molecule has 3 aromatic carbocycles. The summed E-state index contributed by atoms with van der Waals surface area (Å²) in [5, 5.41) is 11.7. The molecule has 1 aliphatic heterocycles. The summed E-state index contributed by atoms with van der Waals surface area (Å²) < 4.78 is 5.41. The van der Waals surface area contributed by atoms with Crippen molar-refractivity contribution in [3.63, 3.8) is 0 Å². The smallest absolute Gasteiger partial charge is 0.300 e. The molecule has 32 heavy (non-hydrogen) atoms. The number of carbonyl (C=O) groups is 2. The van der Waals surface area contributed by atoms with Gasteiger partial charge in [-0.15, -0.1) is 0 Å². The van der Waals surface area contributed by atoms with Gasteiger partial charge in [-0.25, -0.2) is 0 Å². The van der Waals surface area contributed by atoms with Crippen LogP contribution >= 0.6 is 11.6 Å². The molecule has 0 aliphatic carbocycles. The van der Waals surface area contributed by atoms with Gasteiger partial charge in [-0.2, -0.15) is 0 Å². The molecule has 1 heterocycles. The molecule has 4 rings (SSSR count). The molecular weight excluding hydrogens is 426 g/mol. The Balaban J connectivity index is 2.01. The molecule has 5 nitrogen and oxygen atoms in total. The Bertz CT molecular complexity index is 1250. The third-order valence-electron chi connectivity index (χ3n) is 5.49. The Kier molecular flexibility index (Phi) is 5.76. The largest absolute Gasteiger partial charge is 0.507 e. The van der Waals surface area contributed by atoms with Gasteiger partial charge in [0.2, 0.25) is 0 Å². The second-order valence-electron chi connectivity index (χ2n) is 7.75. The molecule has 0 radical (unpaired) electrons. The number of rotatable bonds is 4. The Morgan fingerprint density at radius 2 is 1.69 bits per heavy atom. The van der Waals surface area contributed by atoms with Crippen LogP contribution in [0.2, 0.25) is 5.02 Å². The number of Topliss-reactive ketones (excluding diaryl/α,β-unsaturated/α-hetero) is 1. The summed E-state index contributed by atoms with van der Waals surface area (Å²) in [6, 6.07) is 19.1. The SMILES string of the molecule is COc1c(Cl)cc(C)cc1/C(O)=C1\C(=O)C(=O)N(c2cccc(C)c2)C1c1ccccc1. The molecule has 162 valence electrons. The average Bonchev–Trinajstić information content (AvgIpc) is 3.04. The topological polar surface area (TPSA) is 66.8 Å². The van der Waals surface area contributed by atoms with Crippen LogP contribution in [0.25, 0.3) is 5.76 Å². The van der Waals surface area contributed by atoms with Gasteiger partial charge in [0.05, 0.1) is 29.3 Å². The Morgan fingerprint density at radius 3 is 2.34 bits per heavy atom. The summed E-state index contributed by atoms with van der Waals surface area (Å²) >= 11 is 6.33. The zero-order valence-corrected chi connectivity index (χ0v) is 18.7. The van der Waals surface area contributed by atoms with Crippen molar-refractivity contribution in [3.8, 4) is 5.75 Å². The molecule has 0 aromatic heterocycles. The third-order valence-corrected chi connectivity index (χ3v) is 5.77. The van der Waals surface area contributed by atoms with E-state index in [-0.39, 0.29) is 22.6 Å². The number of methoxy groups -OCH3 is 1. The van der Waals surface area contributed by atoms with E-state index in [1.807, 2.05) is 62.4 Å². The number of hydrogen-bond donors (Lipinski definition) is 1. The molecule has 6 heteroatoms. The van der Waals surface area contributed by atoms with Crippen LogP contribution in [-0.4, -0.2) is 23.9 Å². The van der Waals surface area contributed by atoms with Crippen molar-refractivity contribution in [2.75, 3.05) is 12.0 Å². The van der Waals surface area contributed by atoms with Crippen molar-refractivity contribution in [3.05, 3.63) is 99.6 Å². The van der Waals surface area contributed by atoms with Crippen molar-refractivity contribution in [1.82, 2.24) is 0 Å². The Morgan fingerprint density at radius 1 is 0.969 bits per heavy atom. The molecule has 0 saturated carbocycles. The number of benzene rings is 3. The number of aliphatic hydroxyl groups excluding tert-OH is 1. The highest BCUT2D eigenvalue weighted by atomic mass is 35.5. The van der Waals surface area contributed by atoms with Crippen LogP contribution in [0.3, 0.4) is 0 Å². The van der Waals surface area contributed by atoms with Gasteiger partial charge >= 0.3 is 0 Å². The summed E-state index contributed by atoms with van der Waals surface area (Å²) in [6.45, 7) is 3.74. The predicted molar refractivity (Wildman–Crippen MR) is 125 cm³/mol. The minimum absolute atomic E-state index is 0.0114. The van der Waals surface area contributed by atoms with E-state index < -0.39 is 17.7 Å². The lowest BCUT2D eigenvalue weighted by atomic mass is 9.94. The maximum absolute atomic E-state index is 13.3. The summed E-state index contributed by atoms with van der Waals surface area (Å²) in [4.78, 5) is 27.9. The van der Waals surface area contributed by atoms with E-state index in [9.17, 15) is 14.7 Å². The third kappa shape index (κ3) is 3.65. The quantitative estimate of drug-likeness (QED) is 0.321. The van der Waals surface area contributed by atoms with Gasteiger partial charge in [0, 0.05) is 5.69 Å². The van der Waals surface area contributed by atoms with Gasteiger partial charge < -0.3 is 9.84 Å². The zero-order valence-electron chi connectivity index (χ0n) is 17.9. The van der Waals surface area contributed by atoms with E-state index in [1.165, 1.54) is 12.0 Å². The predicted octanol–water partition coefficient (Wildman–Crippen LogP) is 5.59. The number of amides is 1. The normalized spacial score (nSPS) is 17.6. The molecule has 1 aliphatic rings. The molecule has 1 fully saturated rings. The minimum Gasteiger partial charge on any atom is -0.507 e. The van der Waals surface area contributed by atoms with Crippen molar-refractivity contribution >= 4 is 34.7 Å². The van der Waals surface area contributed by atoms with E-state index in [4.69, 9.17) is 16.3 Å². The van der Waals surface area contributed by atoms with Gasteiger partial charge in [0.1, 0.15) is 11.5 Å². The first-order valence-electron chi connectivity index (χ1n) is 10.1. The number of aliphatic hydroxyl groups is 1. The lowest BCUT2D eigenvalue weighted by Crippen LogP contribution is -2.29. The fourth-order valence-electron chi connectivity index (χ4n) is 4.08. The number of nitrogens with zero attached hydrogens (tertiary/aromatic N) is 1. The van der Waals surface area contributed by atoms with Crippen molar-refractivity contribution < 1.29 is 19.4 Å². The highest BCUT2D eigenvalue weighted by molar-refractivity contribution is 6.51. The second kappa shape index (κ2) is 8.52. The Hall–Kier alpha value is -3.57. The van der Waals surface area contributed by atoms with Gasteiger partial charge in [-0.05, 0) is 54.8 Å². The van der Waals surface area contributed by atoms with Crippen LogP contribution in [0.15, 0.2) is 72.3 Å². The van der Waals surface area contributed by atoms with Crippen molar-refractivity contribution in [2.24, 2.45) is 0 Å². The van der Waals surface area contributed by atoms with Gasteiger partial charge in [-0.1, -0.05) is 54.1 Å². The maximum Gasteiger partial charge on any atom is 0.300 e. The first kappa shape index (κ1) is 21.7. The molecule has 1 unspecified atom stereocenters. The van der Waals surface area contributed by atoms with Gasteiger partial charge in [-0.3, -0.25) is 14.5 Å². The van der Waals surface area contributed by atoms with E-state index in [0.717, 1.165) is 11.1 Å². The van der Waals surface area contributed by atoms with Crippen LogP contribution in [0.4, 0.5) is 5.69 Å². The summed E-state index contributed by atoms with van der Waals surface area (Å²) in [5.41, 5.74) is 3.26. The van der Waals surface area contributed by atoms with Crippen LogP contribution in [0, 0.1) is 13.8 Å². The van der Waals surface area contributed by atoms with E-state index in [2.05, 4.69) is 0 Å². The lowest BCUT2D eigenvalue weighted by molar-refractivity contribution is -0.132. The molecule has 1 atom stereocenters. The van der Waals surface area contributed by atoms with E-state index in [0.29, 0.717) is 16.3 Å². The van der Waals surface area contributed by atoms with Gasteiger partial charge in [0.15, 0.2) is 0 Å². The lowest BCUT2D eigenvalue weighted by Gasteiger charge is -2.26. The first-order chi connectivity index (χ1) is 15.3. The minimum atomic E-state index is -0.804. The number of ether oxygens (including phenoxy) is 1. The Labute approximate surface area is 191 Å². The fourth-order valence-corrected chi connectivity index (χ4v) is 4.44. The van der Waals surface area contributed by atoms with Crippen LogP contribution in [-0.2, 0) is 9.59 Å². The summed E-state index contributed by atoms with van der Waals surface area (Å²) in [6.07, 6.45) is 0. The van der Waals surface area contributed by atoms with Crippen LogP contribution < -0.4 is 9.64 Å². The number of anilines is 1. The van der Waals surface area contributed by atoms with E-state index >= 15 is 0 Å². The number of carbonyl (C=O) groups excluding carboxylic acids is 2. The molecule has 1 amide bonds. The average molecular weight is 448 g/mol. The molecule has 0 bridgehead atoms. The molecule has 1 saturated heterocycles. The number of halogens is 1. The molecule has 1 N–H and O–H groups in total. The second-order valence-corrected chi connectivity index (χ2v) is 8.15. The highest BCUT2D eigenvalue weighted by Crippen LogP contribution is 2.44. The number of ketones is 1. The molecular formula is C26H22ClNO4. The number of aryl methyl sites for hydroxylation is 2. The zero-order chi connectivity index (χ0) is 23.0. The van der Waals surface area contributed by atoms with E-state index in [1.54, 1.807) is 18.2 Å². The monoisotopic (exact) mass is 447 g/mol. The number of hydrogen-bond acceptors (Lipinski definition) is 4. The van der Waals surface area contributed by atoms with Crippen molar-refractivity contribution in [1.29, 1.82) is 0 Å². The maximum atomic E-state index is 13.3. The molecule has 3 aromatic rings. The summed E-state index contributed by atoms with van der Waals surface area (Å²) in [7, 11) is 1.44. The van der Waals surface area contributed by atoms with Gasteiger partial charge in [0.25, 0.3) is 11.7 Å². The van der Waals surface area contributed by atoms with Crippen LogP contribution in [0.1, 0.15) is 28.3 Å². The van der Waals surface area contributed by atoms with Crippen LogP contribution in [0.5, 0.6) is 5.75 Å². The van der Waals surface area contributed by atoms with Crippen molar-refractivity contribution in [2.45, 2.75) is 19.9 Å². The molecule has 0 spiro atoms. The summed E-state index contributed by atoms with van der Waals surface area (Å²) in [5.74, 6) is -1.56. The highest BCUT2D eigenvalue weighted by Gasteiger charge is 2.47. The fraction of sp³-hybridized carbons (Fsp3) is 0.154.